The van der Waals surface area contributed by atoms with E-state index in [1.165, 1.54) is 0 Å². The molecule has 0 aromatic heterocycles. The molecule has 1 heterocycles. The fourth-order valence-electron chi connectivity index (χ4n) is 1.70. The maximum atomic E-state index is 11.9. The molecule has 0 amide bonds. The summed E-state index contributed by atoms with van der Waals surface area (Å²) in [6.45, 7) is 1.07. The monoisotopic (exact) mass is 300 g/mol. The SMILES string of the molecule is CC1(S(=O)(=O)[O-])CC(=O)C2=C(OCCO2)C1=O.[K+]. The molecule has 9 heteroatoms. The second-order valence-electron chi connectivity index (χ2n) is 3.97. The van der Waals surface area contributed by atoms with E-state index >= 15 is 0 Å². The number of hydrogen-bond acceptors (Lipinski definition) is 7. The van der Waals surface area contributed by atoms with Crippen LogP contribution in [0.1, 0.15) is 13.3 Å². The normalized spacial score (nSPS) is 27.9. The van der Waals surface area contributed by atoms with Crippen molar-refractivity contribution in [2.75, 3.05) is 13.2 Å². The Morgan fingerprint density at radius 3 is 2.17 bits per heavy atom. The Labute approximate surface area is 146 Å². The molecule has 0 aromatic rings. The molecule has 1 unspecified atom stereocenters. The third-order valence-electron chi connectivity index (χ3n) is 2.77. The predicted octanol–water partition coefficient (Wildman–Crippen LogP) is -3.91. The Morgan fingerprint density at radius 2 is 1.67 bits per heavy atom. The summed E-state index contributed by atoms with van der Waals surface area (Å²) in [6.07, 6.45) is -0.708. The standard InChI is InChI=1S/C9H10O7S.K/c1-9(17(12,13)14)4-5(10)6-7(8(9)11)16-3-2-15-6;/h2-4H2,1H3,(H,12,13,14);/q;+1/p-1. The molecule has 2 aliphatic rings. The summed E-state index contributed by atoms with van der Waals surface area (Å²) in [5.41, 5.74) is 0. The molecule has 0 saturated heterocycles. The van der Waals surface area contributed by atoms with E-state index in [-0.39, 0.29) is 70.4 Å². The largest absolute Gasteiger partial charge is 1.00 e. The van der Waals surface area contributed by atoms with E-state index in [1.807, 2.05) is 0 Å². The van der Waals surface area contributed by atoms with Crippen molar-refractivity contribution in [3.63, 3.8) is 0 Å². The van der Waals surface area contributed by atoms with E-state index in [4.69, 9.17) is 9.47 Å². The molecule has 1 atom stereocenters. The van der Waals surface area contributed by atoms with Crippen LogP contribution in [0.3, 0.4) is 0 Å². The Morgan fingerprint density at radius 1 is 1.17 bits per heavy atom. The minimum absolute atomic E-state index is 0. The third-order valence-corrected chi connectivity index (χ3v) is 4.21. The van der Waals surface area contributed by atoms with E-state index in [0.717, 1.165) is 6.92 Å². The second-order valence-corrected chi connectivity index (χ2v) is 5.78. The number of allylic oxidation sites excluding steroid dienone is 2. The van der Waals surface area contributed by atoms with Gasteiger partial charge in [0, 0.05) is 6.42 Å². The van der Waals surface area contributed by atoms with Crippen LogP contribution in [0.15, 0.2) is 11.5 Å². The van der Waals surface area contributed by atoms with Crippen LogP contribution >= 0.6 is 0 Å². The van der Waals surface area contributed by atoms with Crippen molar-refractivity contribution in [1.29, 1.82) is 0 Å². The van der Waals surface area contributed by atoms with E-state index in [2.05, 4.69) is 0 Å². The van der Waals surface area contributed by atoms with Gasteiger partial charge in [-0.3, -0.25) is 9.59 Å². The quantitative estimate of drug-likeness (QED) is 0.359. The minimum Gasteiger partial charge on any atom is -0.747 e. The van der Waals surface area contributed by atoms with Crippen molar-refractivity contribution < 1.29 is 83.4 Å². The van der Waals surface area contributed by atoms with Crippen molar-refractivity contribution >= 4 is 21.7 Å². The van der Waals surface area contributed by atoms with Gasteiger partial charge in [0.25, 0.3) is 0 Å². The first-order valence-corrected chi connectivity index (χ1v) is 6.21. The summed E-state index contributed by atoms with van der Waals surface area (Å²) in [7, 11) is -4.95. The number of carbonyl (C=O) groups excluding carboxylic acids is 2. The molecule has 94 valence electrons. The zero-order valence-corrected chi connectivity index (χ0v) is 13.8. The topological polar surface area (TPSA) is 110 Å². The molecule has 0 fully saturated rings. The average molecular weight is 300 g/mol. The molecule has 7 nitrogen and oxygen atoms in total. The Balaban J connectivity index is 0.00000162. The van der Waals surface area contributed by atoms with Crippen molar-refractivity contribution in [2.24, 2.45) is 0 Å². The zero-order chi connectivity index (χ0) is 12.8. The van der Waals surface area contributed by atoms with Crippen LogP contribution in [0.25, 0.3) is 0 Å². The molecule has 0 bridgehead atoms. The molecule has 0 aromatic carbocycles. The van der Waals surface area contributed by atoms with Crippen molar-refractivity contribution in [2.45, 2.75) is 18.1 Å². The van der Waals surface area contributed by atoms with Gasteiger partial charge >= 0.3 is 51.4 Å². The molecule has 0 spiro atoms. The van der Waals surface area contributed by atoms with E-state index < -0.39 is 38.6 Å². The van der Waals surface area contributed by atoms with Gasteiger partial charge in [0.1, 0.15) is 28.1 Å². The Bertz CT molecular complexity index is 535. The predicted molar refractivity (Wildman–Crippen MR) is 51.7 cm³/mol. The summed E-state index contributed by atoms with van der Waals surface area (Å²) in [5, 5.41) is 0. The van der Waals surface area contributed by atoms with Gasteiger partial charge in [0.2, 0.25) is 23.1 Å². The Hall–Kier alpha value is 0.226. The van der Waals surface area contributed by atoms with Gasteiger partial charge in [0.15, 0.2) is 0 Å². The van der Waals surface area contributed by atoms with Crippen LogP contribution in [0.4, 0.5) is 0 Å². The maximum Gasteiger partial charge on any atom is 1.00 e. The molecule has 0 saturated carbocycles. The fraction of sp³-hybridized carbons (Fsp3) is 0.556. The number of ketones is 2. The molecule has 0 N–H and O–H groups in total. The summed E-state index contributed by atoms with van der Waals surface area (Å²) in [6, 6.07) is 0. The summed E-state index contributed by atoms with van der Waals surface area (Å²) in [4.78, 5) is 23.5. The second kappa shape index (κ2) is 5.31. The maximum absolute atomic E-state index is 11.9. The fourth-order valence-corrected chi connectivity index (χ4v) is 2.33. The molecule has 0 radical (unpaired) electrons. The molecular formula is C9H9KO7S. The van der Waals surface area contributed by atoms with Gasteiger partial charge in [-0.1, -0.05) is 0 Å². The van der Waals surface area contributed by atoms with Crippen LogP contribution in [-0.4, -0.2) is 42.5 Å². The van der Waals surface area contributed by atoms with Gasteiger partial charge < -0.3 is 14.0 Å². The average Bonchev–Trinajstić information content (AvgIpc) is 2.25. The van der Waals surface area contributed by atoms with Gasteiger partial charge in [0.05, 0.1) is 0 Å². The Kier molecular flexibility index (Phi) is 4.80. The van der Waals surface area contributed by atoms with Crippen LogP contribution in [0, 0.1) is 0 Å². The van der Waals surface area contributed by atoms with Crippen LogP contribution in [0.2, 0.25) is 0 Å². The van der Waals surface area contributed by atoms with E-state index in [1.54, 1.807) is 0 Å². The number of carbonyl (C=O) groups is 2. The minimum atomic E-state index is -4.95. The number of ether oxygens (including phenoxy) is 2. The zero-order valence-electron chi connectivity index (χ0n) is 9.89. The van der Waals surface area contributed by atoms with E-state index in [0.29, 0.717) is 0 Å². The van der Waals surface area contributed by atoms with Crippen molar-refractivity contribution in [1.82, 2.24) is 0 Å². The van der Waals surface area contributed by atoms with Gasteiger partial charge in [-0.2, -0.15) is 0 Å². The number of hydrogen-bond donors (Lipinski definition) is 0. The molecule has 1 aliphatic heterocycles. The third kappa shape index (κ3) is 2.44. The number of Topliss-reactive ketones (excluding diaryl/α,β-unsaturated/α-hetero) is 2. The molecule has 1 aliphatic carbocycles. The first kappa shape index (κ1) is 16.3. The van der Waals surface area contributed by atoms with Crippen molar-refractivity contribution in [3.05, 3.63) is 11.5 Å². The van der Waals surface area contributed by atoms with Crippen molar-refractivity contribution in [3.8, 4) is 0 Å². The smallest absolute Gasteiger partial charge is 0.747 e. The van der Waals surface area contributed by atoms with E-state index in [9.17, 15) is 22.6 Å². The summed E-state index contributed by atoms with van der Waals surface area (Å²) in [5.74, 6) is -2.44. The molecular weight excluding hydrogens is 291 g/mol. The van der Waals surface area contributed by atoms with Crippen LogP contribution < -0.4 is 51.4 Å². The van der Waals surface area contributed by atoms with Crippen LogP contribution in [-0.2, 0) is 29.2 Å². The van der Waals surface area contributed by atoms with Gasteiger partial charge in [-0.05, 0) is 6.92 Å². The summed E-state index contributed by atoms with van der Waals surface area (Å²) >= 11 is 0. The first-order valence-electron chi connectivity index (χ1n) is 4.81. The summed E-state index contributed by atoms with van der Waals surface area (Å²) < 4.78 is 40.9. The van der Waals surface area contributed by atoms with Gasteiger partial charge in [-0.25, -0.2) is 8.42 Å². The van der Waals surface area contributed by atoms with Gasteiger partial charge in [-0.15, -0.1) is 0 Å². The number of rotatable bonds is 1. The van der Waals surface area contributed by atoms with Crippen LogP contribution in [0.5, 0.6) is 0 Å². The first-order chi connectivity index (χ1) is 7.77. The molecule has 18 heavy (non-hydrogen) atoms. The molecule has 2 rings (SSSR count).